The van der Waals surface area contributed by atoms with Gasteiger partial charge in [-0.2, -0.15) is 0 Å². The van der Waals surface area contributed by atoms with Gasteiger partial charge in [-0.05, 0) is 31.0 Å². The van der Waals surface area contributed by atoms with Crippen molar-refractivity contribution in [3.63, 3.8) is 0 Å². The van der Waals surface area contributed by atoms with Gasteiger partial charge < -0.3 is 5.73 Å². The van der Waals surface area contributed by atoms with Crippen LogP contribution in [0.3, 0.4) is 0 Å². The molecule has 0 atom stereocenters. The first-order valence-corrected chi connectivity index (χ1v) is 6.59. The minimum atomic E-state index is 0.0330. The molecule has 0 amide bonds. The summed E-state index contributed by atoms with van der Waals surface area (Å²) in [4.78, 5) is 9.00. The van der Waals surface area contributed by atoms with Gasteiger partial charge in [0.15, 0.2) is 0 Å². The molecule has 3 heteroatoms. The SMILES string of the molecule is Cc1cccc(-c2ccnc(CC(C)(C)CN)n2)c1. The molecule has 0 spiro atoms. The molecule has 2 rings (SSSR count). The number of rotatable bonds is 4. The number of nitrogens with two attached hydrogens (primary N) is 1. The van der Waals surface area contributed by atoms with Crippen molar-refractivity contribution >= 4 is 0 Å². The number of hydrogen-bond donors (Lipinski definition) is 1. The van der Waals surface area contributed by atoms with E-state index in [1.807, 2.05) is 12.3 Å². The fourth-order valence-corrected chi connectivity index (χ4v) is 1.95. The number of aromatic nitrogens is 2. The lowest BCUT2D eigenvalue weighted by Crippen LogP contribution is -2.26. The molecule has 2 N–H and O–H groups in total. The van der Waals surface area contributed by atoms with Gasteiger partial charge in [0, 0.05) is 18.2 Å². The summed E-state index contributed by atoms with van der Waals surface area (Å²) < 4.78 is 0. The fourth-order valence-electron chi connectivity index (χ4n) is 1.95. The van der Waals surface area contributed by atoms with E-state index in [0.717, 1.165) is 23.5 Å². The zero-order valence-electron chi connectivity index (χ0n) is 11.9. The molecule has 1 aromatic carbocycles. The topological polar surface area (TPSA) is 51.8 Å². The molecule has 1 heterocycles. The van der Waals surface area contributed by atoms with Crippen LogP contribution in [0.1, 0.15) is 25.2 Å². The normalized spacial score (nSPS) is 11.6. The second-order valence-electron chi connectivity index (χ2n) is 5.77. The Balaban J connectivity index is 2.29. The van der Waals surface area contributed by atoms with Crippen molar-refractivity contribution in [2.75, 3.05) is 6.54 Å². The van der Waals surface area contributed by atoms with E-state index in [-0.39, 0.29) is 5.41 Å². The molecule has 0 aliphatic heterocycles. The van der Waals surface area contributed by atoms with Gasteiger partial charge in [-0.25, -0.2) is 9.97 Å². The Labute approximate surface area is 114 Å². The second kappa shape index (κ2) is 5.49. The van der Waals surface area contributed by atoms with Crippen LogP contribution in [0.4, 0.5) is 0 Å². The largest absolute Gasteiger partial charge is 0.330 e. The molecule has 0 saturated carbocycles. The van der Waals surface area contributed by atoms with E-state index in [9.17, 15) is 0 Å². The summed E-state index contributed by atoms with van der Waals surface area (Å²) in [7, 11) is 0. The van der Waals surface area contributed by atoms with Gasteiger partial charge in [-0.15, -0.1) is 0 Å². The summed E-state index contributed by atoms with van der Waals surface area (Å²) in [6.45, 7) is 6.99. The van der Waals surface area contributed by atoms with Crippen LogP contribution < -0.4 is 5.73 Å². The lowest BCUT2D eigenvalue weighted by atomic mass is 9.89. The highest BCUT2D eigenvalue weighted by Crippen LogP contribution is 2.21. The first kappa shape index (κ1) is 13.7. The molecule has 100 valence electrons. The highest BCUT2D eigenvalue weighted by molar-refractivity contribution is 5.59. The molecule has 0 aliphatic rings. The molecule has 3 nitrogen and oxygen atoms in total. The van der Waals surface area contributed by atoms with Gasteiger partial charge >= 0.3 is 0 Å². The van der Waals surface area contributed by atoms with Crippen molar-refractivity contribution in [1.82, 2.24) is 9.97 Å². The quantitative estimate of drug-likeness (QED) is 0.913. The lowest BCUT2D eigenvalue weighted by Gasteiger charge is -2.21. The van der Waals surface area contributed by atoms with Crippen LogP contribution in [-0.2, 0) is 6.42 Å². The van der Waals surface area contributed by atoms with Crippen LogP contribution in [0.25, 0.3) is 11.3 Å². The van der Waals surface area contributed by atoms with Gasteiger partial charge in [0.2, 0.25) is 0 Å². The molecular formula is C16H21N3. The average Bonchev–Trinajstić information content (AvgIpc) is 2.38. The molecule has 0 radical (unpaired) electrons. The van der Waals surface area contributed by atoms with Crippen LogP contribution in [0.15, 0.2) is 36.5 Å². The summed E-state index contributed by atoms with van der Waals surface area (Å²) in [5.41, 5.74) is 9.14. The van der Waals surface area contributed by atoms with E-state index < -0.39 is 0 Å². The molecule has 2 aromatic rings. The molecule has 0 unspecified atom stereocenters. The highest BCUT2D eigenvalue weighted by atomic mass is 14.9. The highest BCUT2D eigenvalue weighted by Gasteiger charge is 2.18. The van der Waals surface area contributed by atoms with Crippen molar-refractivity contribution in [2.24, 2.45) is 11.1 Å². The van der Waals surface area contributed by atoms with Crippen LogP contribution >= 0.6 is 0 Å². The van der Waals surface area contributed by atoms with E-state index in [1.165, 1.54) is 5.56 Å². The lowest BCUT2D eigenvalue weighted by molar-refractivity contribution is 0.368. The van der Waals surface area contributed by atoms with Crippen molar-refractivity contribution in [1.29, 1.82) is 0 Å². The number of aryl methyl sites for hydroxylation is 1. The number of benzene rings is 1. The fraction of sp³-hybridized carbons (Fsp3) is 0.375. The maximum Gasteiger partial charge on any atom is 0.129 e. The van der Waals surface area contributed by atoms with Crippen molar-refractivity contribution in [2.45, 2.75) is 27.2 Å². The first-order valence-electron chi connectivity index (χ1n) is 6.59. The van der Waals surface area contributed by atoms with E-state index >= 15 is 0 Å². The van der Waals surface area contributed by atoms with Gasteiger partial charge in [-0.3, -0.25) is 0 Å². The first-order chi connectivity index (χ1) is 9.00. The van der Waals surface area contributed by atoms with Crippen molar-refractivity contribution in [3.8, 4) is 11.3 Å². The summed E-state index contributed by atoms with van der Waals surface area (Å²) in [5.74, 6) is 0.856. The monoisotopic (exact) mass is 255 g/mol. The molecule has 19 heavy (non-hydrogen) atoms. The molecule has 0 aliphatic carbocycles. The van der Waals surface area contributed by atoms with E-state index in [4.69, 9.17) is 5.73 Å². The third-order valence-electron chi connectivity index (χ3n) is 3.21. The standard InChI is InChI=1S/C16H21N3/c1-12-5-4-6-13(9-12)14-7-8-18-15(19-14)10-16(2,3)11-17/h4-9H,10-11,17H2,1-3H3. The molecule has 0 bridgehead atoms. The minimum absolute atomic E-state index is 0.0330. The summed E-state index contributed by atoms with van der Waals surface area (Å²) in [6, 6.07) is 10.3. The average molecular weight is 255 g/mol. The number of nitrogens with zero attached hydrogens (tertiary/aromatic N) is 2. The van der Waals surface area contributed by atoms with Gasteiger partial charge in [0.1, 0.15) is 5.82 Å². The third-order valence-corrected chi connectivity index (χ3v) is 3.21. The van der Waals surface area contributed by atoms with Gasteiger partial charge in [-0.1, -0.05) is 37.6 Å². The van der Waals surface area contributed by atoms with E-state index in [1.54, 1.807) is 0 Å². The Bertz CT molecular complexity index is 561. The zero-order chi connectivity index (χ0) is 13.9. The summed E-state index contributed by atoms with van der Waals surface area (Å²) >= 11 is 0. The van der Waals surface area contributed by atoms with Crippen LogP contribution in [-0.4, -0.2) is 16.5 Å². The van der Waals surface area contributed by atoms with Crippen LogP contribution in [0, 0.1) is 12.3 Å². The zero-order valence-corrected chi connectivity index (χ0v) is 11.9. The Morgan fingerprint density at radius 3 is 2.68 bits per heavy atom. The molecule has 1 aromatic heterocycles. The maximum absolute atomic E-state index is 5.77. The van der Waals surface area contributed by atoms with Crippen LogP contribution in [0.2, 0.25) is 0 Å². The Kier molecular flexibility index (Phi) is 3.96. The van der Waals surface area contributed by atoms with Crippen LogP contribution in [0.5, 0.6) is 0 Å². The number of hydrogen-bond acceptors (Lipinski definition) is 3. The van der Waals surface area contributed by atoms with Crippen molar-refractivity contribution in [3.05, 3.63) is 47.9 Å². The predicted octanol–water partition coefficient (Wildman–Crippen LogP) is 2.98. The maximum atomic E-state index is 5.77. The summed E-state index contributed by atoms with van der Waals surface area (Å²) in [6.07, 6.45) is 2.62. The van der Waals surface area contributed by atoms with E-state index in [2.05, 4.69) is 55.0 Å². The van der Waals surface area contributed by atoms with E-state index in [0.29, 0.717) is 6.54 Å². The predicted molar refractivity (Wildman–Crippen MR) is 78.7 cm³/mol. The Morgan fingerprint density at radius 2 is 2.00 bits per heavy atom. The molecule has 0 fully saturated rings. The Morgan fingerprint density at radius 1 is 1.21 bits per heavy atom. The minimum Gasteiger partial charge on any atom is -0.330 e. The smallest absolute Gasteiger partial charge is 0.129 e. The molecule has 0 saturated heterocycles. The molecular weight excluding hydrogens is 234 g/mol. The van der Waals surface area contributed by atoms with Crippen molar-refractivity contribution < 1.29 is 0 Å². The third kappa shape index (κ3) is 3.61. The van der Waals surface area contributed by atoms with Gasteiger partial charge in [0.25, 0.3) is 0 Å². The summed E-state index contributed by atoms with van der Waals surface area (Å²) in [5, 5.41) is 0. The van der Waals surface area contributed by atoms with Gasteiger partial charge in [0.05, 0.1) is 5.69 Å². The second-order valence-corrected chi connectivity index (χ2v) is 5.77. The Hall–Kier alpha value is -1.74.